The lowest BCUT2D eigenvalue weighted by Gasteiger charge is -2.09. The van der Waals surface area contributed by atoms with Crippen molar-refractivity contribution >= 4 is 23.5 Å². The second-order valence-electron chi connectivity index (χ2n) is 4.10. The van der Waals surface area contributed by atoms with E-state index >= 15 is 0 Å². The van der Waals surface area contributed by atoms with Gasteiger partial charge in [0.2, 0.25) is 5.91 Å². The van der Waals surface area contributed by atoms with Gasteiger partial charge in [0.15, 0.2) is 0 Å². The van der Waals surface area contributed by atoms with Gasteiger partial charge in [-0.3, -0.25) is 4.79 Å². The van der Waals surface area contributed by atoms with E-state index in [9.17, 15) is 4.79 Å². The summed E-state index contributed by atoms with van der Waals surface area (Å²) in [5.41, 5.74) is 14.1. The van der Waals surface area contributed by atoms with Gasteiger partial charge in [-0.25, -0.2) is 0 Å². The number of nitrogens with one attached hydrogen (secondary N) is 2. The van der Waals surface area contributed by atoms with E-state index in [0.717, 1.165) is 5.56 Å². The molecule has 0 bridgehead atoms. The van der Waals surface area contributed by atoms with Crippen LogP contribution in [-0.2, 0) is 4.79 Å². The van der Waals surface area contributed by atoms with Crippen LogP contribution in [0.2, 0.25) is 0 Å². The molecule has 0 unspecified atom stereocenters. The van der Waals surface area contributed by atoms with Crippen LogP contribution < -0.4 is 16.8 Å². The Bertz CT molecular complexity index is 474. The van der Waals surface area contributed by atoms with Crippen LogP contribution in [-0.4, -0.2) is 18.2 Å². The Balaban J connectivity index is 2.87. The Morgan fingerprint density at radius 1 is 1.39 bits per heavy atom. The summed E-state index contributed by atoms with van der Waals surface area (Å²) in [6.07, 6.45) is 1.21. The maximum absolute atomic E-state index is 11.4. The fourth-order valence-corrected chi connectivity index (χ4v) is 1.29. The maximum Gasteiger partial charge on any atom is 0.240 e. The number of hydrogen-bond acceptors (Lipinski definition) is 4. The van der Waals surface area contributed by atoms with Crippen molar-refractivity contribution in [2.75, 3.05) is 5.32 Å². The van der Waals surface area contributed by atoms with Gasteiger partial charge >= 0.3 is 0 Å². The molecule has 1 aromatic rings. The van der Waals surface area contributed by atoms with Gasteiger partial charge < -0.3 is 22.2 Å². The van der Waals surface area contributed by atoms with E-state index in [1.165, 1.54) is 6.21 Å². The Hall–Kier alpha value is -2.14. The van der Waals surface area contributed by atoms with Crippen molar-refractivity contribution in [3.8, 4) is 0 Å². The summed E-state index contributed by atoms with van der Waals surface area (Å²) < 4.78 is 0. The Morgan fingerprint density at radius 2 is 1.94 bits per heavy atom. The van der Waals surface area contributed by atoms with Crippen molar-refractivity contribution < 1.29 is 4.79 Å². The third-order valence-electron chi connectivity index (χ3n) is 2.52. The highest BCUT2D eigenvalue weighted by atomic mass is 16.2. The molecule has 5 heteroatoms. The predicted molar refractivity (Wildman–Crippen MR) is 74.3 cm³/mol. The van der Waals surface area contributed by atoms with Gasteiger partial charge in [-0.05, 0) is 37.1 Å². The van der Waals surface area contributed by atoms with Crippen LogP contribution in [0.5, 0.6) is 0 Å². The molecule has 1 aromatic carbocycles. The van der Waals surface area contributed by atoms with Gasteiger partial charge in [-0.1, -0.05) is 12.1 Å². The van der Waals surface area contributed by atoms with Crippen molar-refractivity contribution in [2.24, 2.45) is 11.5 Å². The van der Waals surface area contributed by atoms with Crippen LogP contribution in [0.15, 0.2) is 29.8 Å². The largest absolute Gasteiger partial charge is 0.398 e. The lowest BCUT2D eigenvalue weighted by Crippen LogP contribution is -2.32. The van der Waals surface area contributed by atoms with Crippen LogP contribution in [0.3, 0.4) is 0 Å². The third-order valence-corrected chi connectivity index (χ3v) is 2.52. The first kappa shape index (κ1) is 13.9. The number of allylic oxidation sites excluding steroid dienone is 1. The summed E-state index contributed by atoms with van der Waals surface area (Å²) >= 11 is 0. The van der Waals surface area contributed by atoms with Gasteiger partial charge in [0.1, 0.15) is 0 Å². The highest BCUT2D eigenvalue weighted by Gasteiger charge is 2.07. The molecule has 0 aliphatic carbocycles. The second kappa shape index (κ2) is 5.97. The lowest BCUT2D eigenvalue weighted by atomic mass is 10.1. The van der Waals surface area contributed by atoms with E-state index in [-0.39, 0.29) is 5.91 Å². The molecule has 0 fully saturated rings. The average molecular weight is 246 g/mol. The number of benzene rings is 1. The summed E-state index contributed by atoms with van der Waals surface area (Å²) in [6, 6.07) is 6.53. The van der Waals surface area contributed by atoms with Crippen molar-refractivity contribution in [3.63, 3.8) is 0 Å². The first-order valence-electron chi connectivity index (χ1n) is 5.59. The molecule has 0 saturated carbocycles. The predicted octanol–water partition coefficient (Wildman–Crippen LogP) is 1.31. The molecule has 0 spiro atoms. The molecule has 0 aliphatic heterocycles. The molecule has 5 nitrogen and oxygen atoms in total. The van der Waals surface area contributed by atoms with E-state index in [4.69, 9.17) is 16.9 Å². The normalized spacial score (nSPS) is 13.5. The molecule has 0 aromatic heterocycles. The average Bonchev–Trinajstić information content (AvgIpc) is 2.37. The maximum atomic E-state index is 11.4. The molecule has 0 aliphatic rings. The van der Waals surface area contributed by atoms with Gasteiger partial charge in [-0.15, -0.1) is 0 Å². The third kappa shape index (κ3) is 3.43. The summed E-state index contributed by atoms with van der Waals surface area (Å²) in [7, 11) is 0. The topological polar surface area (TPSA) is 105 Å². The zero-order valence-corrected chi connectivity index (χ0v) is 10.5. The Labute approximate surface area is 106 Å². The fraction of sp³-hybridized carbons (Fsp3) is 0.231. The first-order chi connectivity index (χ1) is 8.45. The highest BCUT2D eigenvalue weighted by molar-refractivity contribution is 5.94. The van der Waals surface area contributed by atoms with Crippen LogP contribution in [0.25, 0.3) is 5.70 Å². The van der Waals surface area contributed by atoms with Crippen LogP contribution in [0.1, 0.15) is 19.4 Å². The van der Waals surface area contributed by atoms with Crippen molar-refractivity contribution in [1.29, 1.82) is 5.41 Å². The minimum absolute atomic E-state index is 0.234. The van der Waals surface area contributed by atoms with E-state index in [1.54, 1.807) is 38.1 Å². The quantitative estimate of drug-likeness (QED) is 0.602. The van der Waals surface area contributed by atoms with E-state index in [0.29, 0.717) is 17.0 Å². The second-order valence-corrected chi connectivity index (χ2v) is 4.10. The van der Waals surface area contributed by atoms with Gasteiger partial charge in [0, 0.05) is 17.6 Å². The number of carbonyl (C=O) groups excluding carboxylic acids is 1. The molecule has 1 atom stereocenters. The zero-order chi connectivity index (χ0) is 13.7. The highest BCUT2D eigenvalue weighted by Crippen LogP contribution is 2.16. The van der Waals surface area contributed by atoms with E-state index in [1.807, 2.05) is 0 Å². The number of carbonyl (C=O) groups is 1. The lowest BCUT2D eigenvalue weighted by molar-refractivity contribution is -0.117. The van der Waals surface area contributed by atoms with E-state index in [2.05, 4.69) is 5.32 Å². The summed E-state index contributed by atoms with van der Waals surface area (Å²) in [5.74, 6) is -0.234. The monoisotopic (exact) mass is 246 g/mol. The molecule has 96 valence electrons. The molecule has 0 radical (unpaired) electrons. The number of rotatable bonds is 4. The summed E-state index contributed by atoms with van der Waals surface area (Å²) in [4.78, 5) is 11.4. The standard InChI is InChI=1S/C13H18N4O/c1-8(7-14)12(16)10-3-5-11(6-4-10)17-13(18)9(2)15/h3-7,9,14H,15-16H2,1-2H3,(H,17,18)/b12-8-,14-7?/t9-/m1/s1. The first-order valence-corrected chi connectivity index (χ1v) is 5.59. The van der Waals surface area contributed by atoms with Crippen molar-refractivity contribution in [3.05, 3.63) is 35.4 Å². The van der Waals surface area contributed by atoms with Crippen LogP contribution >= 0.6 is 0 Å². The number of anilines is 1. The summed E-state index contributed by atoms with van der Waals surface area (Å²) in [6.45, 7) is 3.39. The summed E-state index contributed by atoms with van der Waals surface area (Å²) in [5, 5.41) is 9.82. The minimum atomic E-state index is -0.546. The SMILES string of the molecule is C/C(C=N)=C(/N)c1ccc(NC(=O)[C@@H](C)N)cc1. The molecule has 0 heterocycles. The van der Waals surface area contributed by atoms with Crippen molar-refractivity contribution in [2.45, 2.75) is 19.9 Å². The smallest absolute Gasteiger partial charge is 0.240 e. The number of amides is 1. The van der Waals surface area contributed by atoms with Crippen molar-refractivity contribution in [1.82, 2.24) is 0 Å². The Kier molecular flexibility index (Phi) is 4.62. The van der Waals surface area contributed by atoms with Crippen LogP contribution in [0, 0.1) is 5.41 Å². The van der Waals surface area contributed by atoms with Gasteiger partial charge in [0.05, 0.1) is 6.04 Å². The molecule has 1 amide bonds. The van der Waals surface area contributed by atoms with Gasteiger partial charge in [-0.2, -0.15) is 0 Å². The minimum Gasteiger partial charge on any atom is -0.398 e. The van der Waals surface area contributed by atoms with E-state index < -0.39 is 6.04 Å². The number of hydrogen-bond donors (Lipinski definition) is 4. The Morgan fingerprint density at radius 3 is 2.39 bits per heavy atom. The number of nitrogens with two attached hydrogens (primary N) is 2. The molecule has 1 rings (SSSR count). The molecule has 0 saturated heterocycles. The van der Waals surface area contributed by atoms with Crippen LogP contribution in [0.4, 0.5) is 5.69 Å². The molecular weight excluding hydrogens is 228 g/mol. The molecule has 18 heavy (non-hydrogen) atoms. The molecular formula is C13H18N4O. The van der Waals surface area contributed by atoms with Gasteiger partial charge in [0.25, 0.3) is 0 Å². The zero-order valence-electron chi connectivity index (χ0n) is 10.5. The fourth-order valence-electron chi connectivity index (χ4n) is 1.29. The molecule has 6 N–H and O–H groups in total.